The molecular formula is C22H22BrN3O. The normalized spacial score (nSPS) is 15.1. The number of imidazole rings is 1. The number of rotatable bonds is 4. The maximum atomic E-state index is 12.8. The van der Waals surface area contributed by atoms with Crippen LogP contribution in [0, 0.1) is 5.92 Å². The summed E-state index contributed by atoms with van der Waals surface area (Å²) < 4.78 is 3.11. The Morgan fingerprint density at radius 2 is 1.74 bits per heavy atom. The van der Waals surface area contributed by atoms with E-state index >= 15 is 0 Å². The van der Waals surface area contributed by atoms with Crippen molar-refractivity contribution in [2.75, 3.05) is 13.1 Å². The number of likely N-dealkylation sites (tertiary alicyclic amines) is 1. The van der Waals surface area contributed by atoms with Crippen molar-refractivity contribution >= 4 is 21.8 Å². The maximum Gasteiger partial charge on any atom is 0.254 e. The molecule has 1 aliphatic rings. The second-order valence-corrected chi connectivity index (χ2v) is 7.84. The van der Waals surface area contributed by atoms with Gasteiger partial charge in [-0.1, -0.05) is 42.5 Å². The van der Waals surface area contributed by atoms with E-state index in [0.717, 1.165) is 53.9 Å². The third-order valence-electron chi connectivity index (χ3n) is 5.21. The number of halogens is 1. The number of aromatic nitrogens is 2. The van der Waals surface area contributed by atoms with Crippen molar-refractivity contribution < 1.29 is 4.79 Å². The van der Waals surface area contributed by atoms with Crippen LogP contribution in [0.5, 0.6) is 0 Å². The molecule has 0 N–H and O–H groups in total. The molecule has 0 atom stereocenters. The van der Waals surface area contributed by atoms with Crippen molar-refractivity contribution in [3.63, 3.8) is 0 Å². The molecule has 4 nitrogen and oxygen atoms in total. The molecule has 2 heterocycles. The molecule has 2 aromatic carbocycles. The summed E-state index contributed by atoms with van der Waals surface area (Å²) in [6.45, 7) is 2.56. The van der Waals surface area contributed by atoms with E-state index in [4.69, 9.17) is 0 Å². The molecule has 1 amide bonds. The van der Waals surface area contributed by atoms with Crippen LogP contribution in [-0.4, -0.2) is 33.4 Å². The van der Waals surface area contributed by atoms with Crippen LogP contribution in [0.4, 0.5) is 0 Å². The number of amides is 1. The monoisotopic (exact) mass is 423 g/mol. The van der Waals surface area contributed by atoms with Gasteiger partial charge >= 0.3 is 0 Å². The number of hydrogen-bond acceptors (Lipinski definition) is 2. The zero-order valence-electron chi connectivity index (χ0n) is 15.1. The molecule has 0 saturated carbocycles. The van der Waals surface area contributed by atoms with Gasteiger partial charge in [-0.2, -0.15) is 0 Å². The van der Waals surface area contributed by atoms with Crippen LogP contribution >= 0.6 is 15.9 Å². The Morgan fingerprint density at radius 1 is 1.04 bits per heavy atom. The molecule has 5 heteroatoms. The van der Waals surface area contributed by atoms with Crippen molar-refractivity contribution in [2.45, 2.75) is 19.4 Å². The fourth-order valence-corrected chi connectivity index (χ4v) is 4.16. The van der Waals surface area contributed by atoms with E-state index in [1.807, 2.05) is 53.6 Å². The van der Waals surface area contributed by atoms with Crippen LogP contribution in [0.1, 0.15) is 23.2 Å². The van der Waals surface area contributed by atoms with E-state index in [2.05, 4.69) is 43.8 Å². The van der Waals surface area contributed by atoms with Crippen LogP contribution < -0.4 is 0 Å². The zero-order valence-corrected chi connectivity index (χ0v) is 16.7. The highest BCUT2D eigenvalue weighted by Gasteiger charge is 2.25. The molecule has 3 aromatic rings. The standard InChI is InChI=1S/C22H22BrN3O/c23-20-9-5-4-8-19(20)22(27)25-13-10-17(11-14-25)16-26-15-12-24-21(26)18-6-2-1-3-7-18/h1-9,12,15,17H,10-11,13-14,16H2. The van der Waals surface area contributed by atoms with E-state index in [-0.39, 0.29) is 5.91 Å². The van der Waals surface area contributed by atoms with Crippen LogP contribution in [0.2, 0.25) is 0 Å². The van der Waals surface area contributed by atoms with E-state index in [0.29, 0.717) is 5.92 Å². The molecule has 1 fully saturated rings. The van der Waals surface area contributed by atoms with Gasteiger partial charge in [0.2, 0.25) is 0 Å². The Bertz CT molecular complexity index is 914. The molecule has 0 bridgehead atoms. The highest BCUT2D eigenvalue weighted by atomic mass is 79.9. The number of benzene rings is 2. The minimum absolute atomic E-state index is 0.119. The molecule has 138 valence electrons. The Kier molecular flexibility index (Phi) is 5.39. The van der Waals surface area contributed by atoms with Crippen LogP contribution in [0.25, 0.3) is 11.4 Å². The van der Waals surface area contributed by atoms with Gasteiger partial charge in [0.15, 0.2) is 0 Å². The van der Waals surface area contributed by atoms with Gasteiger partial charge < -0.3 is 9.47 Å². The Morgan fingerprint density at radius 3 is 2.48 bits per heavy atom. The van der Waals surface area contributed by atoms with Gasteiger partial charge in [-0.05, 0) is 46.8 Å². The lowest BCUT2D eigenvalue weighted by Gasteiger charge is -2.32. The summed E-state index contributed by atoms with van der Waals surface area (Å²) in [6, 6.07) is 17.9. The number of piperidine rings is 1. The topological polar surface area (TPSA) is 38.1 Å². The van der Waals surface area contributed by atoms with Crippen LogP contribution in [-0.2, 0) is 6.54 Å². The van der Waals surface area contributed by atoms with E-state index in [9.17, 15) is 4.79 Å². The number of carbonyl (C=O) groups is 1. The average molecular weight is 424 g/mol. The van der Waals surface area contributed by atoms with Gasteiger partial charge in [0.25, 0.3) is 5.91 Å². The second-order valence-electron chi connectivity index (χ2n) is 6.98. The van der Waals surface area contributed by atoms with E-state index < -0.39 is 0 Å². The van der Waals surface area contributed by atoms with Crippen molar-refractivity contribution in [1.82, 2.24) is 14.5 Å². The lowest BCUT2D eigenvalue weighted by molar-refractivity contribution is 0.0682. The summed E-state index contributed by atoms with van der Waals surface area (Å²) in [5, 5.41) is 0. The minimum atomic E-state index is 0.119. The molecule has 0 radical (unpaired) electrons. The summed E-state index contributed by atoms with van der Waals surface area (Å²) in [5.41, 5.74) is 1.89. The molecule has 1 saturated heterocycles. The van der Waals surface area contributed by atoms with Gasteiger partial charge in [-0.25, -0.2) is 4.98 Å². The number of hydrogen-bond donors (Lipinski definition) is 0. The van der Waals surface area contributed by atoms with Gasteiger partial charge in [0.05, 0.1) is 5.56 Å². The Hall–Kier alpha value is -2.40. The predicted molar refractivity (Wildman–Crippen MR) is 110 cm³/mol. The molecule has 0 aliphatic carbocycles. The molecule has 0 unspecified atom stereocenters. The van der Waals surface area contributed by atoms with E-state index in [1.54, 1.807) is 0 Å². The number of carbonyl (C=O) groups excluding carboxylic acids is 1. The lowest BCUT2D eigenvalue weighted by Crippen LogP contribution is -2.39. The first kappa shape index (κ1) is 18.0. The molecule has 1 aromatic heterocycles. The van der Waals surface area contributed by atoms with Crippen molar-refractivity contribution in [2.24, 2.45) is 5.92 Å². The van der Waals surface area contributed by atoms with Gasteiger partial charge in [0.1, 0.15) is 5.82 Å². The van der Waals surface area contributed by atoms with Crippen molar-refractivity contribution in [3.8, 4) is 11.4 Å². The quantitative estimate of drug-likeness (QED) is 0.600. The maximum absolute atomic E-state index is 12.8. The van der Waals surface area contributed by atoms with Crippen LogP contribution in [0.3, 0.4) is 0 Å². The lowest BCUT2D eigenvalue weighted by atomic mass is 9.96. The highest BCUT2D eigenvalue weighted by Crippen LogP contribution is 2.25. The summed E-state index contributed by atoms with van der Waals surface area (Å²) in [5.74, 6) is 1.70. The first-order valence-electron chi connectivity index (χ1n) is 9.33. The van der Waals surface area contributed by atoms with Crippen molar-refractivity contribution in [1.29, 1.82) is 0 Å². The van der Waals surface area contributed by atoms with Gasteiger partial charge in [0, 0.05) is 42.1 Å². The zero-order chi connectivity index (χ0) is 18.6. The first-order chi connectivity index (χ1) is 13.2. The fourth-order valence-electron chi connectivity index (χ4n) is 3.71. The Labute approximate surface area is 168 Å². The summed E-state index contributed by atoms with van der Waals surface area (Å²) in [6.07, 6.45) is 5.96. The van der Waals surface area contributed by atoms with Gasteiger partial charge in [-0.15, -0.1) is 0 Å². The molecular weight excluding hydrogens is 402 g/mol. The highest BCUT2D eigenvalue weighted by molar-refractivity contribution is 9.10. The summed E-state index contributed by atoms with van der Waals surface area (Å²) in [7, 11) is 0. The molecule has 0 spiro atoms. The summed E-state index contributed by atoms with van der Waals surface area (Å²) in [4.78, 5) is 19.3. The van der Waals surface area contributed by atoms with Crippen molar-refractivity contribution in [3.05, 3.63) is 77.0 Å². The third kappa shape index (κ3) is 3.98. The Balaban J connectivity index is 1.39. The average Bonchev–Trinajstić information content (AvgIpc) is 3.17. The first-order valence-corrected chi connectivity index (χ1v) is 10.1. The minimum Gasteiger partial charge on any atom is -0.339 e. The molecule has 1 aliphatic heterocycles. The fraction of sp³-hybridized carbons (Fsp3) is 0.273. The second kappa shape index (κ2) is 8.09. The predicted octanol–water partition coefficient (Wildman–Crippen LogP) is 4.87. The number of nitrogens with zero attached hydrogens (tertiary/aromatic N) is 3. The SMILES string of the molecule is O=C(c1ccccc1Br)N1CCC(Cn2ccnc2-c2ccccc2)CC1. The largest absolute Gasteiger partial charge is 0.339 e. The molecule has 4 rings (SSSR count). The van der Waals surface area contributed by atoms with E-state index in [1.165, 1.54) is 0 Å². The smallest absolute Gasteiger partial charge is 0.254 e. The van der Waals surface area contributed by atoms with Gasteiger partial charge in [-0.3, -0.25) is 4.79 Å². The van der Waals surface area contributed by atoms with Crippen LogP contribution in [0.15, 0.2) is 71.5 Å². The summed E-state index contributed by atoms with van der Waals surface area (Å²) >= 11 is 3.49. The third-order valence-corrected chi connectivity index (χ3v) is 5.90. The molecule has 27 heavy (non-hydrogen) atoms.